The van der Waals surface area contributed by atoms with Gasteiger partial charge in [-0.25, -0.2) is 9.37 Å². The molecule has 128 valence electrons. The minimum absolute atomic E-state index is 0.0231. The van der Waals surface area contributed by atoms with Gasteiger partial charge in [0.15, 0.2) is 0 Å². The van der Waals surface area contributed by atoms with Crippen LogP contribution in [0, 0.1) is 19.7 Å². The summed E-state index contributed by atoms with van der Waals surface area (Å²) >= 11 is 5.86. The van der Waals surface area contributed by atoms with Gasteiger partial charge >= 0.3 is 0 Å². The smallest absolute Gasteiger partial charge is 0.256 e. The van der Waals surface area contributed by atoms with E-state index in [1.54, 1.807) is 4.90 Å². The summed E-state index contributed by atoms with van der Waals surface area (Å²) in [5.74, 6) is 0.649. The molecule has 5 nitrogen and oxygen atoms in total. The van der Waals surface area contributed by atoms with Gasteiger partial charge in [0.1, 0.15) is 11.6 Å². The largest absolute Gasteiger partial charge is 0.444 e. The van der Waals surface area contributed by atoms with Crippen molar-refractivity contribution in [3.8, 4) is 0 Å². The number of benzene rings is 1. The third-order valence-electron chi connectivity index (χ3n) is 4.25. The maximum absolute atomic E-state index is 13.8. The van der Waals surface area contributed by atoms with Gasteiger partial charge in [-0.15, -0.1) is 0 Å². The van der Waals surface area contributed by atoms with Gasteiger partial charge in [-0.2, -0.15) is 0 Å². The Balaban J connectivity index is 1.60. The van der Waals surface area contributed by atoms with Gasteiger partial charge in [-0.1, -0.05) is 11.6 Å². The van der Waals surface area contributed by atoms with Crippen LogP contribution in [-0.4, -0.2) is 46.9 Å². The molecule has 0 atom stereocenters. The second-order valence-corrected chi connectivity index (χ2v) is 6.38. The molecule has 1 aliphatic heterocycles. The monoisotopic (exact) mass is 351 g/mol. The van der Waals surface area contributed by atoms with Crippen molar-refractivity contribution in [2.45, 2.75) is 20.4 Å². The Morgan fingerprint density at radius 2 is 2.00 bits per heavy atom. The number of amides is 1. The third-order valence-corrected chi connectivity index (χ3v) is 4.49. The van der Waals surface area contributed by atoms with Crippen molar-refractivity contribution in [1.29, 1.82) is 0 Å². The topological polar surface area (TPSA) is 49.6 Å². The van der Waals surface area contributed by atoms with Crippen molar-refractivity contribution in [3.05, 3.63) is 51.9 Å². The van der Waals surface area contributed by atoms with Crippen LogP contribution in [0.2, 0.25) is 5.02 Å². The van der Waals surface area contributed by atoms with E-state index in [0.29, 0.717) is 43.6 Å². The average Bonchev–Trinajstić information content (AvgIpc) is 2.87. The number of halogens is 2. The molecule has 3 rings (SSSR count). The number of rotatable bonds is 3. The Bertz CT molecular complexity index is 735. The van der Waals surface area contributed by atoms with E-state index in [1.165, 1.54) is 18.2 Å². The number of carbonyl (C=O) groups is 1. The highest BCUT2D eigenvalue weighted by Gasteiger charge is 2.25. The molecule has 0 saturated carbocycles. The third kappa shape index (κ3) is 3.60. The first-order valence-electron chi connectivity index (χ1n) is 7.83. The van der Waals surface area contributed by atoms with Crippen molar-refractivity contribution in [1.82, 2.24) is 14.8 Å². The summed E-state index contributed by atoms with van der Waals surface area (Å²) in [5.41, 5.74) is 0.921. The van der Waals surface area contributed by atoms with Crippen molar-refractivity contribution in [3.63, 3.8) is 0 Å². The first-order chi connectivity index (χ1) is 11.4. The molecule has 0 radical (unpaired) electrons. The first kappa shape index (κ1) is 16.9. The molecular formula is C17H19ClFN3O2. The molecule has 1 aliphatic rings. The lowest BCUT2D eigenvalue weighted by Gasteiger charge is -2.34. The molecular weight excluding hydrogens is 333 g/mol. The normalized spacial score (nSPS) is 15.8. The lowest BCUT2D eigenvalue weighted by molar-refractivity contribution is 0.0613. The minimum Gasteiger partial charge on any atom is -0.444 e. The minimum atomic E-state index is -0.544. The number of carbonyl (C=O) groups excluding carboxylic acids is 1. The van der Waals surface area contributed by atoms with E-state index in [9.17, 15) is 9.18 Å². The van der Waals surface area contributed by atoms with Crippen LogP contribution >= 0.6 is 11.6 Å². The number of piperazine rings is 1. The van der Waals surface area contributed by atoms with Gasteiger partial charge in [0, 0.05) is 31.2 Å². The molecule has 1 aromatic carbocycles. The predicted molar refractivity (Wildman–Crippen MR) is 88.6 cm³/mol. The lowest BCUT2D eigenvalue weighted by atomic mass is 10.1. The van der Waals surface area contributed by atoms with E-state index in [4.69, 9.17) is 16.0 Å². The lowest BCUT2D eigenvalue weighted by Crippen LogP contribution is -2.48. The van der Waals surface area contributed by atoms with E-state index >= 15 is 0 Å². The molecule has 0 aliphatic carbocycles. The Morgan fingerprint density at radius 1 is 1.29 bits per heavy atom. The Morgan fingerprint density at radius 3 is 2.62 bits per heavy atom. The molecule has 24 heavy (non-hydrogen) atoms. The molecule has 0 unspecified atom stereocenters. The van der Waals surface area contributed by atoms with Gasteiger partial charge in [0.25, 0.3) is 5.91 Å². The number of aryl methyl sites for hydroxylation is 2. The highest BCUT2D eigenvalue weighted by Crippen LogP contribution is 2.18. The van der Waals surface area contributed by atoms with Crippen LogP contribution in [0.5, 0.6) is 0 Å². The molecule has 2 heterocycles. The van der Waals surface area contributed by atoms with Crippen LogP contribution in [0.25, 0.3) is 0 Å². The van der Waals surface area contributed by atoms with E-state index in [0.717, 1.165) is 11.5 Å². The Labute approximate surface area is 145 Å². The van der Waals surface area contributed by atoms with E-state index in [2.05, 4.69) is 9.88 Å². The molecule has 0 spiro atoms. The number of hydrogen-bond acceptors (Lipinski definition) is 4. The SMILES string of the molecule is Cc1nc(CN2CCN(C(=O)c3cc(Cl)ccc3F)CC2)oc1C. The zero-order chi connectivity index (χ0) is 17.3. The highest BCUT2D eigenvalue weighted by molar-refractivity contribution is 6.31. The molecule has 7 heteroatoms. The van der Waals surface area contributed by atoms with Crippen molar-refractivity contribution in [2.24, 2.45) is 0 Å². The standard InChI is InChI=1S/C17H19ClFN3O2/c1-11-12(2)24-16(20-11)10-21-5-7-22(8-6-21)17(23)14-9-13(18)3-4-15(14)19/h3-4,9H,5-8,10H2,1-2H3. The van der Waals surface area contributed by atoms with Crippen LogP contribution in [-0.2, 0) is 6.54 Å². The van der Waals surface area contributed by atoms with Crippen LogP contribution in [0.3, 0.4) is 0 Å². The van der Waals surface area contributed by atoms with Crippen LogP contribution in [0.15, 0.2) is 22.6 Å². The fourth-order valence-corrected chi connectivity index (χ4v) is 2.91. The molecule has 1 fully saturated rings. The summed E-state index contributed by atoms with van der Waals surface area (Å²) in [4.78, 5) is 20.7. The van der Waals surface area contributed by atoms with Gasteiger partial charge in [0.2, 0.25) is 5.89 Å². The quantitative estimate of drug-likeness (QED) is 0.852. The highest BCUT2D eigenvalue weighted by atomic mass is 35.5. The van der Waals surface area contributed by atoms with Gasteiger partial charge in [0.05, 0.1) is 17.8 Å². The maximum Gasteiger partial charge on any atom is 0.256 e. The zero-order valence-corrected chi connectivity index (χ0v) is 14.4. The van der Waals surface area contributed by atoms with E-state index < -0.39 is 5.82 Å². The van der Waals surface area contributed by atoms with Gasteiger partial charge in [-0.3, -0.25) is 9.69 Å². The fraction of sp³-hybridized carbons (Fsp3) is 0.412. The molecule has 0 bridgehead atoms. The number of nitrogens with zero attached hydrogens (tertiary/aromatic N) is 3. The second-order valence-electron chi connectivity index (χ2n) is 5.94. The van der Waals surface area contributed by atoms with Crippen LogP contribution in [0.4, 0.5) is 4.39 Å². The van der Waals surface area contributed by atoms with Crippen molar-refractivity contribution < 1.29 is 13.6 Å². The zero-order valence-electron chi connectivity index (χ0n) is 13.7. The predicted octanol–water partition coefficient (Wildman–Crippen LogP) is 3.04. The van der Waals surface area contributed by atoms with Crippen molar-refractivity contribution >= 4 is 17.5 Å². The Kier molecular flexibility index (Phi) is 4.87. The molecule has 1 saturated heterocycles. The summed E-state index contributed by atoms with van der Waals surface area (Å²) < 4.78 is 19.4. The molecule has 1 aromatic heterocycles. The van der Waals surface area contributed by atoms with Gasteiger partial charge in [-0.05, 0) is 32.0 Å². The summed E-state index contributed by atoms with van der Waals surface area (Å²) in [6.07, 6.45) is 0. The van der Waals surface area contributed by atoms with E-state index in [-0.39, 0.29) is 11.5 Å². The molecule has 1 amide bonds. The number of oxazole rings is 1. The number of aromatic nitrogens is 1. The molecule has 2 aromatic rings. The maximum atomic E-state index is 13.8. The summed E-state index contributed by atoms with van der Waals surface area (Å²) in [7, 11) is 0. The summed E-state index contributed by atoms with van der Waals surface area (Å²) in [6, 6.07) is 4.04. The van der Waals surface area contributed by atoms with Crippen molar-refractivity contribution in [2.75, 3.05) is 26.2 Å². The van der Waals surface area contributed by atoms with Gasteiger partial charge < -0.3 is 9.32 Å². The summed E-state index contributed by atoms with van der Waals surface area (Å²) in [5, 5.41) is 0.355. The van der Waals surface area contributed by atoms with E-state index in [1.807, 2.05) is 13.8 Å². The first-order valence-corrected chi connectivity index (χ1v) is 8.21. The summed E-state index contributed by atoms with van der Waals surface area (Å²) in [6.45, 7) is 6.86. The fourth-order valence-electron chi connectivity index (χ4n) is 2.74. The average molecular weight is 352 g/mol. The second kappa shape index (κ2) is 6.91. The van der Waals surface area contributed by atoms with Crippen LogP contribution in [0.1, 0.15) is 27.7 Å². The molecule has 0 N–H and O–H groups in total. The number of hydrogen-bond donors (Lipinski definition) is 0. The Hall–Kier alpha value is -1.92. The van der Waals surface area contributed by atoms with Crippen LogP contribution < -0.4 is 0 Å².